The molecule has 1 aromatic carbocycles. The van der Waals surface area contributed by atoms with Crippen LogP contribution in [0.5, 0.6) is 0 Å². The molecule has 0 radical (unpaired) electrons. The maximum absolute atomic E-state index is 12.7. The van der Waals surface area contributed by atoms with Gasteiger partial charge in [0.2, 0.25) is 11.9 Å². The molecule has 8 nitrogen and oxygen atoms in total. The fraction of sp³-hybridized carbons (Fsp3) is 0.182. The number of nitrogens with one attached hydrogen (secondary N) is 2. The number of fused-ring (bicyclic) bond motifs is 2. The minimum atomic E-state index is -0.503. The second-order valence-corrected chi connectivity index (χ2v) is 6.77. The van der Waals surface area contributed by atoms with Crippen molar-refractivity contribution in [1.29, 1.82) is 0 Å². The van der Waals surface area contributed by atoms with E-state index >= 15 is 0 Å². The zero-order chi connectivity index (χ0) is 21.3. The molecular formula is C22H18N6O2. The summed E-state index contributed by atoms with van der Waals surface area (Å²) in [5.74, 6) is 5.79. The van der Waals surface area contributed by atoms with Gasteiger partial charge in [0.25, 0.3) is 5.56 Å². The highest BCUT2D eigenvalue weighted by Gasteiger charge is 2.36. The number of rotatable bonds is 4. The number of carbonyl (C=O) groups is 1. The summed E-state index contributed by atoms with van der Waals surface area (Å²) in [5, 5.41) is 4.52. The van der Waals surface area contributed by atoms with Gasteiger partial charge in [-0.2, -0.15) is 4.98 Å². The number of anilines is 4. The van der Waals surface area contributed by atoms with Gasteiger partial charge in [-0.1, -0.05) is 11.8 Å². The predicted octanol–water partition coefficient (Wildman–Crippen LogP) is 1.87. The molecule has 1 atom stereocenters. The van der Waals surface area contributed by atoms with Gasteiger partial charge in [-0.05, 0) is 36.6 Å². The number of carbonyl (C=O) groups excluding carboxylic acids is 1. The molecule has 2 aromatic heterocycles. The summed E-state index contributed by atoms with van der Waals surface area (Å²) in [5.41, 5.74) is 1.08. The molecule has 30 heavy (non-hydrogen) atoms. The van der Waals surface area contributed by atoms with Crippen molar-refractivity contribution in [3.63, 3.8) is 0 Å². The number of aromatic amines is 1. The van der Waals surface area contributed by atoms with Crippen LogP contribution < -0.4 is 20.7 Å². The smallest absolute Gasteiger partial charge is 0.255 e. The predicted molar refractivity (Wildman–Crippen MR) is 117 cm³/mol. The van der Waals surface area contributed by atoms with E-state index in [0.29, 0.717) is 22.8 Å². The third-order valence-electron chi connectivity index (χ3n) is 4.94. The van der Waals surface area contributed by atoms with Gasteiger partial charge >= 0.3 is 0 Å². The summed E-state index contributed by atoms with van der Waals surface area (Å²) >= 11 is 0. The van der Waals surface area contributed by atoms with Gasteiger partial charge in [0, 0.05) is 17.3 Å². The normalized spacial score (nSPS) is 15.4. The van der Waals surface area contributed by atoms with Crippen molar-refractivity contribution >= 4 is 39.8 Å². The van der Waals surface area contributed by atoms with E-state index in [1.807, 2.05) is 12.1 Å². The van der Waals surface area contributed by atoms with Crippen LogP contribution in [-0.2, 0) is 4.79 Å². The lowest BCUT2D eigenvalue weighted by atomic mass is 10.1. The number of hydrogen-bond donors (Lipinski definition) is 2. The number of hydrogen-bond acceptors (Lipinski definition) is 6. The number of benzene rings is 1. The lowest BCUT2D eigenvalue weighted by Gasteiger charge is -2.38. The third kappa shape index (κ3) is 3.21. The highest BCUT2D eigenvalue weighted by Crippen LogP contribution is 2.34. The second kappa shape index (κ2) is 7.61. The molecule has 1 amide bonds. The SMILES string of the molecule is C#CCN1C(=O)[C@@H](C)N(CC#C)c2nc(Nc3ccc4c(=O)[nH]ccc4c3)ncc21. The number of terminal acetylenes is 2. The van der Waals surface area contributed by atoms with Gasteiger partial charge in [-0.25, -0.2) is 4.98 Å². The van der Waals surface area contributed by atoms with Crippen LogP contribution >= 0.6 is 0 Å². The lowest BCUT2D eigenvalue weighted by Crippen LogP contribution is -2.52. The second-order valence-electron chi connectivity index (χ2n) is 6.77. The van der Waals surface area contributed by atoms with Crippen LogP contribution in [-0.4, -0.2) is 40.0 Å². The molecule has 0 unspecified atom stereocenters. The van der Waals surface area contributed by atoms with Gasteiger partial charge in [0.1, 0.15) is 11.7 Å². The van der Waals surface area contributed by atoms with Gasteiger partial charge in [-0.15, -0.1) is 12.8 Å². The highest BCUT2D eigenvalue weighted by atomic mass is 16.2. The van der Waals surface area contributed by atoms with Crippen LogP contribution in [0.4, 0.5) is 23.1 Å². The Morgan fingerprint density at radius 2 is 2.00 bits per heavy atom. The maximum Gasteiger partial charge on any atom is 0.255 e. The summed E-state index contributed by atoms with van der Waals surface area (Å²) in [6.45, 7) is 2.11. The quantitative estimate of drug-likeness (QED) is 0.652. The van der Waals surface area contributed by atoms with E-state index in [9.17, 15) is 9.59 Å². The Labute approximate surface area is 172 Å². The summed E-state index contributed by atoms with van der Waals surface area (Å²) < 4.78 is 0. The monoisotopic (exact) mass is 398 g/mol. The lowest BCUT2D eigenvalue weighted by molar-refractivity contribution is -0.119. The molecule has 0 spiro atoms. The summed E-state index contributed by atoms with van der Waals surface area (Å²) in [6, 6.07) is 6.65. The first-order valence-electron chi connectivity index (χ1n) is 9.24. The molecular weight excluding hydrogens is 380 g/mol. The summed E-state index contributed by atoms with van der Waals surface area (Å²) in [7, 11) is 0. The van der Waals surface area contributed by atoms with Crippen molar-refractivity contribution < 1.29 is 4.79 Å². The molecule has 3 heterocycles. The first kappa shape index (κ1) is 19.0. The zero-order valence-corrected chi connectivity index (χ0v) is 16.2. The van der Waals surface area contributed by atoms with E-state index in [2.05, 4.69) is 32.1 Å². The maximum atomic E-state index is 12.7. The van der Waals surface area contributed by atoms with E-state index in [0.717, 1.165) is 11.1 Å². The number of amides is 1. The van der Waals surface area contributed by atoms with Gasteiger partial charge in [0.15, 0.2) is 5.82 Å². The van der Waals surface area contributed by atoms with Crippen LogP contribution in [0.1, 0.15) is 6.92 Å². The number of aromatic nitrogens is 3. The molecule has 2 N–H and O–H groups in total. The average molecular weight is 398 g/mol. The molecule has 0 bridgehead atoms. The molecule has 4 rings (SSSR count). The largest absolute Gasteiger partial charge is 0.332 e. The van der Waals surface area contributed by atoms with Gasteiger partial charge in [-0.3, -0.25) is 14.5 Å². The fourth-order valence-electron chi connectivity index (χ4n) is 3.45. The van der Waals surface area contributed by atoms with Crippen molar-refractivity contribution in [3.05, 3.63) is 47.0 Å². The number of H-pyrrole nitrogens is 1. The Morgan fingerprint density at radius 1 is 1.20 bits per heavy atom. The Morgan fingerprint density at radius 3 is 2.77 bits per heavy atom. The Hall–Kier alpha value is -4.30. The van der Waals surface area contributed by atoms with Crippen molar-refractivity contribution in [1.82, 2.24) is 15.0 Å². The molecule has 0 fully saturated rings. The number of pyridine rings is 1. The third-order valence-corrected chi connectivity index (χ3v) is 4.94. The molecule has 3 aromatic rings. The van der Waals surface area contributed by atoms with Crippen molar-refractivity contribution in [2.45, 2.75) is 13.0 Å². The Balaban J connectivity index is 1.73. The topological polar surface area (TPSA) is 94.2 Å². The minimum absolute atomic E-state index is 0.120. The van der Waals surface area contributed by atoms with Crippen molar-refractivity contribution in [2.24, 2.45) is 0 Å². The molecule has 8 heteroatoms. The molecule has 1 aliphatic heterocycles. The minimum Gasteiger partial charge on any atom is -0.332 e. The van der Waals surface area contributed by atoms with E-state index < -0.39 is 6.04 Å². The first-order valence-corrected chi connectivity index (χ1v) is 9.24. The average Bonchev–Trinajstić information content (AvgIpc) is 2.74. The van der Waals surface area contributed by atoms with Crippen LogP contribution in [0.25, 0.3) is 10.8 Å². The molecule has 0 saturated heterocycles. The Bertz CT molecular complexity index is 1280. The van der Waals surface area contributed by atoms with Crippen molar-refractivity contribution in [2.75, 3.05) is 28.2 Å². The van der Waals surface area contributed by atoms with Gasteiger partial charge < -0.3 is 15.2 Å². The molecule has 1 aliphatic rings. The standard InChI is InChI=1S/C22H18N6O2/c1-4-10-27-14(3)21(30)28(11-5-2)18-13-24-22(26-19(18)27)25-16-6-7-17-15(12-16)8-9-23-20(17)29/h1-2,6-9,12-14H,10-11H2,3H3,(H,23,29)(H,24,25,26)/t14-/m1/s1. The molecule has 148 valence electrons. The zero-order valence-electron chi connectivity index (χ0n) is 16.2. The Kier molecular flexibility index (Phi) is 4.83. The first-order chi connectivity index (χ1) is 14.5. The molecule has 0 aliphatic carbocycles. The van der Waals surface area contributed by atoms with E-state index in [1.54, 1.807) is 36.4 Å². The highest BCUT2D eigenvalue weighted by molar-refractivity contribution is 6.05. The summed E-state index contributed by atoms with van der Waals surface area (Å²) in [4.78, 5) is 39.4. The van der Waals surface area contributed by atoms with Crippen LogP contribution in [0.2, 0.25) is 0 Å². The summed E-state index contributed by atoms with van der Waals surface area (Å²) in [6.07, 6.45) is 14.1. The van der Waals surface area contributed by atoms with Crippen LogP contribution in [0.3, 0.4) is 0 Å². The number of nitrogens with zero attached hydrogens (tertiary/aromatic N) is 4. The van der Waals surface area contributed by atoms with Crippen molar-refractivity contribution in [3.8, 4) is 24.7 Å². The van der Waals surface area contributed by atoms with E-state index in [1.165, 1.54) is 4.90 Å². The van der Waals surface area contributed by atoms with Crippen LogP contribution in [0.15, 0.2) is 41.5 Å². The van der Waals surface area contributed by atoms with Crippen LogP contribution in [0, 0.1) is 24.7 Å². The van der Waals surface area contributed by atoms with E-state index in [4.69, 9.17) is 12.8 Å². The fourth-order valence-corrected chi connectivity index (χ4v) is 3.45. The molecule has 0 saturated carbocycles. The van der Waals surface area contributed by atoms with Gasteiger partial charge in [0.05, 0.1) is 19.3 Å². The van der Waals surface area contributed by atoms with E-state index in [-0.39, 0.29) is 24.6 Å².